The van der Waals surface area contributed by atoms with E-state index in [1.54, 1.807) is 6.08 Å². The average Bonchev–Trinajstić information content (AvgIpc) is 2.93. The molecule has 2 atom stereocenters. The lowest BCUT2D eigenvalue weighted by molar-refractivity contribution is -0.143. The number of benzene rings is 1. The third-order valence-corrected chi connectivity index (χ3v) is 4.02. The Bertz CT molecular complexity index is 533. The highest BCUT2D eigenvalue weighted by atomic mass is 16.4. The van der Waals surface area contributed by atoms with Gasteiger partial charge in [-0.2, -0.15) is 0 Å². The first-order valence-electron chi connectivity index (χ1n) is 7.31. The molecule has 0 aliphatic heterocycles. The zero-order valence-electron chi connectivity index (χ0n) is 12.2. The first-order chi connectivity index (χ1) is 10.1. The summed E-state index contributed by atoms with van der Waals surface area (Å²) >= 11 is 0. The van der Waals surface area contributed by atoms with Crippen LogP contribution in [0.4, 0.5) is 0 Å². The van der Waals surface area contributed by atoms with Gasteiger partial charge in [-0.25, -0.2) is 0 Å². The van der Waals surface area contributed by atoms with Gasteiger partial charge in [0.1, 0.15) is 0 Å². The second-order valence-electron chi connectivity index (χ2n) is 5.62. The van der Waals surface area contributed by atoms with Crippen molar-refractivity contribution in [3.05, 3.63) is 41.5 Å². The van der Waals surface area contributed by atoms with Crippen molar-refractivity contribution >= 4 is 18.0 Å². The molecule has 2 N–H and O–H groups in total. The van der Waals surface area contributed by atoms with Crippen LogP contribution in [-0.2, 0) is 9.59 Å². The second kappa shape index (κ2) is 7.07. The minimum absolute atomic E-state index is 0.0548. The Kier molecular flexibility index (Phi) is 5.14. The van der Waals surface area contributed by atoms with Crippen LogP contribution in [0.15, 0.2) is 30.3 Å². The van der Waals surface area contributed by atoms with E-state index in [9.17, 15) is 9.59 Å². The van der Waals surface area contributed by atoms with Crippen molar-refractivity contribution in [2.75, 3.05) is 6.54 Å². The fraction of sp³-hybridized carbons (Fsp3) is 0.412. The molecule has 1 amide bonds. The second-order valence-corrected chi connectivity index (χ2v) is 5.62. The summed E-state index contributed by atoms with van der Waals surface area (Å²) in [6, 6.07) is 7.90. The van der Waals surface area contributed by atoms with E-state index in [0.717, 1.165) is 24.8 Å². The van der Waals surface area contributed by atoms with Crippen molar-refractivity contribution < 1.29 is 14.7 Å². The molecule has 1 fully saturated rings. The fourth-order valence-electron chi connectivity index (χ4n) is 2.75. The van der Waals surface area contributed by atoms with Crippen LogP contribution >= 0.6 is 0 Å². The van der Waals surface area contributed by atoms with Gasteiger partial charge in [0.25, 0.3) is 0 Å². The molecule has 1 saturated carbocycles. The number of rotatable bonds is 5. The van der Waals surface area contributed by atoms with Gasteiger partial charge in [-0.15, -0.1) is 0 Å². The number of amides is 1. The van der Waals surface area contributed by atoms with Gasteiger partial charge >= 0.3 is 5.97 Å². The Morgan fingerprint density at radius 2 is 2.00 bits per heavy atom. The molecule has 4 heteroatoms. The van der Waals surface area contributed by atoms with Crippen LogP contribution in [0.25, 0.3) is 6.08 Å². The van der Waals surface area contributed by atoms with Crippen molar-refractivity contribution in [1.82, 2.24) is 5.32 Å². The van der Waals surface area contributed by atoms with Gasteiger partial charge in [-0.1, -0.05) is 36.2 Å². The SMILES string of the molecule is Cc1ccc(C=CC(=O)NCC2CCCC2C(=O)O)cc1. The van der Waals surface area contributed by atoms with Crippen molar-refractivity contribution in [3.63, 3.8) is 0 Å². The maximum atomic E-state index is 11.8. The summed E-state index contributed by atoms with van der Waals surface area (Å²) in [4.78, 5) is 22.8. The van der Waals surface area contributed by atoms with Crippen molar-refractivity contribution in [2.24, 2.45) is 11.8 Å². The third kappa shape index (κ3) is 4.45. The number of aryl methyl sites for hydroxylation is 1. The maximum Gasteiger partial charge on any atom is 0.306 e. The van der Waals surface area contributed by atoms with E-state index in [1.165, 1.54) is 11.6 Å². The molecule has 4 nitrogen and oxygen atoms in total. The molecule has 2 unspecified atom stereocenters. The van der Waals surface area contributed by atoms with Crippen molar-refractivity contribution in [2.45, 2.75) is 26.2 Å². The standard InChI is InChI=1S/C17H21NO3/c1-12-5-7-13(8-6-12)9-10-16(19)18-11-14-3-2-4-15(14)17(20)21/h5-10,14-15H,2-4,11H2,1H3,(H,18,19)(H,20,21). The molecule has 0 aromatic heterocycles. The topological polar surface area (TPSA) is 66.4 Å². The molecule has 0 spiro atoms. The molecule has 0 bridgehead atoms. The Hall–Kier alpha value is -2.10. The van der Waals surface area contributed by atoms with Crippen LogP contribution in [0.5, 0.6) is 0 Å². The van der Waals surface area contributed by atoms with Gasteiger partial charge in [0.2, 0.25) is 5.91 Å². The first kappa shape index (κ1) is 15.3. The Balaban J connectivity index is 1.82. The summed E-state index contributed by atoms with van der Waals surface area (Å²) in [7, 11) is 0. The van der Waals surface area contributed by atoms with E-state index < -0.39 is 5.97 Å². The van der Waals surface area contributed by atoms with Crippen LogP contribution in [-0.4, -0.2) is 23.5 Å². The number of carbonyl (C=O) groups excluding carboxylic acids is 1. The predicted molar refractivity (Wildman–Crippen MR) is 81.7 cm³/mol. The lowest BCUT2D eigenvalue weighted by atomic mass is 9.96. The summed E-state index contributed by atoms with van der Waals surface area (Å²) in [5, 5.41) is 11.9. The van der Waals surface area contributed by atoms with Crippen LogP contribution in [0, 0.1) is 18.8 Å². The summed E-state index contributed by atoms with van der Waals surface area (Å²) in [5.74, 6) is -1.18. The average molecular weight is 287 g/mol. The van der Waals surface area contributed by atoms with Gasteiger partial charge in [-0.05, 0) is 37.3 Å². The Morgan fingerprint density at radius 3 is 2.67 bits per heavy atom. The number of nitrogens with one attached hydrogen (secondary N) is 1. The smallest absolute Gasteiger partial charge is 0.306 e. The molecule has 2 rings (SSSR count). The molecule has 21 heavy (non-hydrogen) atoms. The van der Waals surface area contributed by atoms with Gasteiger partial charge in [0, 0.05) is 12.6 Å². The van der Waals surface area contributed by atoms with E-state index >= 15 is 0 Å². The normalized spacial score (nSPS) is 21.6. The predicted octanol–water partition coefficient (Wildman–Crippen LogP) is 2.63. The van der Waals surface area contributed by atoms with E-state index in [0.29, 0.717) is 6.54 Å². The Labute approximate surface area is 124 Å². The van der Waals surface area contributed by atoms with Crippen LogP contribution < -0.4 is 5.32 Å². The van der Waals surface area contributed by atoms with Crippen LogP contribution in [0.2, 0.25) is 0 Å². The molecule has 1 aliphatic rings. The fourth-order valence-corrected chi connectivity index (χ4v) is 2.75. The van der Waals surface area contributed by atoms with Gasteiger partial charge in [0.05, 0.1) is 5.92 Å². The minimum atomic E-state index is -0.748. The molecular weight excluding hydrogens is 266 g/mol. The van der Waals surface area contributed by atoms with E-state index in [4.69, 9.17) is 5.11 Å². The molecule has 112 valence electrons. The molecule has 1 aromatic rings. The monoisotopic (exact) mass is 287 g/mol. The molecule has 1 aliphatic carbocycles. The summed E-state index contributed by atoms with van der Waals surface area (Å²) in [6.07, 6.45) is 5.78. The Morgan fingerprint density at radius 1 is 1.29 bits per heavy atom. The number of aliphatic carboxylic acids is 1. The largest absolute Gasteiger partial charge is 0.481 e. The highest BCUT2D eigenvalue weighted by Gasteiger charge is 2.32. The molecule has 1 aromatic carbocycles. The van der Waals surface area contributed by atoms with E-state index in [2.05, 4.69) is 5.32 Å². The summed E-state index contributed by atoms with van der Waals surface area (Å²) < 4.78 is 0. The highest BCUT2D eigenvalue weighted by molar-refractivity contribution is 5.91. The van der Waals surface area contributed by atoms with Crippen molar-refractivity contribution in [1.29, 1.82) is 0 Å². The van der Waals surface area contributed by atoms with Gasteiger partial charge < -0.3 is 10.4 Å². The van der Waals surface area contributed by atoms with E-state index in [-0.39, 0.29) is 17.7 Å². The summed E-state index contributed by atoms with van der Waals surface area (Å²) in [5.41, 5.74) is 2.15. The zero-order chi connectivity index (χ0) is 15.2. The van der Waals surface area contributed by atoms with Crippen LogP contribution in [0.3, 0.4) is 0 Å². The maximum absolute atomic E-state index is 11.8. The number of carboxylic acid groups (broad SMARTS) is 1. The van der Waals surface area contributed by atoms with Gasteiger partial charge in [0.15, 0.2) is 0 Å². The lowest BCUT2D eigenvalue weighted by Crippen LogP contribution is -2.32. The molecule has 0 radical (unpaired) electrons. The minimum Gasteiger partial charge on any atom is -0.481 e. The number of hydrogen-bond donors (Lipinski definition) is 2. The number of carboxylic acids is 1. The zero-order valence-corrected chi connectivity index (χ0v) is 12.2. The third-order valence-electron chi connectivity index (χ3n) is 4.02. The van der Waals surface area contributed by atoms with Crippen LogP contribution in [0.1, 0.15) is 30.4 Å². The summed E-state index contributed by atoms with van der Waals surface area (Å²) in [6.45, 7) is 2.45. The van der Waals surface area contributed by atoms with E-state index in [1.807, 2.05) is 31.2 Å². The molecule has 0 saturated heterocycles. The lowest BCUT2D eigenvalue weighted by Gasteiger charge is -2.15. The van der Waals surface area contributed by atoms with Gasteiger partial charge in [-0.3, -0.25) is 9.59 Å². The quantitative estimate of drug-likeness (QED) is 0.818. The highest BCUT2D eigenvalue weighted by Crippen LogP contribution is 2.31. The number of carbonyl (C=O) groups is 2. The number of hydrogen-bond acceptors (Lipinski definition) is 2. The molecule has 0 heterocycles. The van der Waals surface area contributed by atoms with Crippen molar-refractivity contribution in [3.8, 4) is 0 Å². The molecular formula is C17H21NO3. The first-order valence-corrected chi connectivity index (χ1v) is 7.31.